The number of rotatable bonds is 6. The first-order valence-electron chi connectivity index (χ1n) is 7.27. The van der Waals surface area contributed by atoms with Crippen LogP contribution in [0.4, 0.5) is 0 Å². The van der Waals surface area contributed by atoms with Gasteiger partial charge in [-0.2, -0.15) is 0 Å². The second-order valence-corrected chi connectivity index (χ2v) is 7.35. The van der Waals surface area contributed by atoms with Crippen LogP contribution in [0, 0.1) is 11.8 Å². The van der Waals surface area contributed by atoms with Crippen LogP contribution < -0.4 is 10.5 Å². The SMILES string of the molecule is CC1CCC(CCNCc2ccc(S(N)(=O)=O)o2)CC1. The minimum Gasteiger partial charge on any atom is -0.447 e. The van der Waals surface area contributed by atoms with E-state index >= 15 is 0 Å². The standard InChI is InChI=1S/C14H24N2O3S/c1-11-2-4-12(5-3-11)8-9-16-10-13-6-7-14(19-13)20(15,17)18/h6-7,11-12,16H,2-5,8-10H2,1H3,(H2,15,17,18). The third kappa shape index (κ3) is 4.61. The van der Waals surface area contributed by atoms with Crippen molar-refractivity contribution in [3.63, 3.8) is 0 Å². The zero-order valence-electron chi connectivity index (χ0n) is 12.0. The summed E-state index contributed by atoms with van der Waals surface area (Å²) in [4.78, 5) is 0. The molecule has 2 rings (SSSR count). The summed E-state index contributed by atoms with van der Waals surface area (Å²) in [5.74, 6) is 2.32. The number of sulfonamides is 1. The number of hydrogen-bond donors (Lipinski definition) is 2. The van der Waals surface area contributed by atoms with Crippen LogP contribution in [0.1, 0.15) is 44.8 Å². The molecule has 20 heavy (non-hydrogen) atoms. The van der Waals surface area contributed by atoms with E-state index in [4.69, 9.17) is 9.56 Å². The molecule has 1 heterocycles. The second kappa shape index (κ2) is 6.74. The Bertz CT molecular complexity index is 516. The molecule has 0 aliphatic heterocycles. The summed E-state index contributed by atoms with van der Waals surface area (Å²) in [5.41, 5.74) is 0. The van der Waals surface area contributed by atoms with E-state index in [9.17, 15) is 8.42 Å². The fourth-order valence-corrected chi connectivity index (χ4v) is 3.22. The van der Waals surface area contributed by atoms with E-state index in [2.05, 4.69) is 12.2 Å². The van der Waals surface area contributed by atoms with Crippen molar-refractivity contribution < 1.29 is 12.8 Å². The molecule has 1 aliphatic carbocycles. The molecule has 1 aliphatic rings. The Balaban J connectivity index is 1.67. The summed E-state index contributed by atoms with van der Waals surface area (Å²) in [6, 6.07) is 3.05. The predicted molar refractivity (Wildman–Crippen MR) is 77.5 cm³/mol. The molecule has 5 nitrogen and oxygen atoms in total. The lowest BCUT2D eigenvalue weighted by Crippen LogP contribution is -2.20. The molecule has 0 amide bonds. The summed E-state index contributed by atoms with van der Waals surface area (Å²) >= 11 is 0. The van der Waals surface area contributed by atoms with Crippen molar-refractivity contribution in [3.05, 3.63) is 17.9 Å². The fraction of sp³-hybridized carbons (Fsp3) is 0.714. The molecule has 1 aromatic rings. The second-order valence-electron chi connectivity index (χ2n) is 5.86. The van der Waals surface area contributed by atoms with Crippen molar-refractivity contribution in [2.45, 2.75) is 50.7 Å². The Morgan fingerprint density at radius 3 is 2.60 bits per heavy atom. The highest BCUT2D eigenvalue weighted by Gasteiger charge is 2.17. The van der Waals surface area contributed by atoms with Gasteiger partial charge in [-0.15, -0.1) is 0 Å². The molecule has 0 radical (unpaired) electrons. The third-order valence-corrected chi connectivity index (χ3v) is 4.86. The fourth-order valence-electron chi connectivity index (χ4n) is 2.74. The number of nitrogens with one attached hydrogen (secondary N) is 1. The Hall–Kier alpha value is -0.850. The lowest BCUT2D eigenvalue weighted by molar-refractivity contribution is 0.274. The van der Waals surface area contributed by atoms with Crippen LogP contribution >= 0.6 is 0 Å². The van der Waals surface area contributed by atoms with E-state index in [-0.39, 0.29) is 5.09 Å². The Kier molecular flexibility index (Phi) is 5.23. The van der Waals surface area contributed by atoms with Crippen molar-refractivity contribution in [1.29, 1.82) is 0 Å². The molecule has 0 unspecified atom stereocenters. The molecule has 0 bridgehead atoms. The number of primary sulfonamides is 1. The first kappa shape index (κ1) is 15.5. The molecule has 0 aromatic carbocycles. The highest BCUT2D eigenvalue weighted by atomic mass is 32.2. The Labute approximate surface area is 121 Å². The van der Waals surface area contributed by atoms with E-state index in [0.717, 1.165) is 18.4 Å². The molecule has 1 fully saturated rings. The Morgan fingerprint density at radius 2 is 2.00 bits per heavy atom. The van der Waals surface area contributed by atoms with Gasteiger partial charge in [0.05, 0.1) is 6.54 Å². The number of nitrogens with two attached hydrogens (primary N) is 1. The molecule has 1 saturated carbocycles. The van der Waals surface area contributed by atoms with E-state index in [1.54, 1.807) is 6.07 Å². The van der Waals surface area contributed by atoms with Crippen LogP contribution in [-0.4, -0.2) is 15.0 Å². The zero-order chi connectivity index (χ0) is 14.6. The van der Waals surface area contributed by atoms with Crippen molar-refractivity contribution in [1.82, 2.24) is 5.32 Å². The summed E-state index contributed by atoms with van der Waals surface area (Å²) in [6.07, 6.45) is 6.54. The van der Waals surface area contributed by atoms with Crippen molar-refractivity contribution in [2.24, 2.45) is 17.0 Å². The van der Waals surface area contributed by atoms with Crippen LogP contribution in [0.25, 0.3) is 0 Å². The van der Waals surface area contributed by atoms with Crippen LogP contribution in [0.3, 0.4) is 0 Å². The first-order chi connectivity index (χ1) is 9.45. The summed E-state index contributed by atoms with van der Waals surface area (Å²) < 4.78 is 27.3. The summed E-state index contributed by atoms with van der Waals surface area (Å²) in [6.45, 7) is 3.80. The van der Waals surface area contributed by atoms with Crippen LogP contribution in [0.2, 0.25) is 0 Å². The molecule has 3 N–H and O–H groups in total. The monoisotopic (exact) mass is 300 g/mol. The van der Waals surface area contributed by atoms with Crippen molar-refractivity contribution in [3.8, 4) is 0 Å². The lowest BCUT2D eigenvalue weighted by Gasteiger charge is -2.26. The van der Waals surface area contributed by atoms with Gasteiger partial charge in [0.25, 0.3) is 10.0 Å². The van der Waals surface area contributed by atoms with Gasteiger partial charge in [0, 0.05) is 0 Å². The normalized spacial score (nSPS) is 23.9. The van der Waals surface area contributed by atoms with Crippen LogP contribution in [0.5, 0.6) is 0 Å². The van der Waals surface area contributed by atoms with E-state index in [0.29, 0.717) is 12.3 Å². The third-order valence-electron chi connectivity index (χ3n) is 4.08. The molecule has 114 valence electrons. The first-order valence-corrected chi connectivity index (χ1v) is 8.82. The quantitative estimate of drug-likeness (QED) is 0.789. The average Bonchev–Trinajstić information content (AvgIpc) is 2.85. The van der Waals surface area contributed by atoms with E-state index in [1.165, 1.54) is 38.2 Å². The van der Waals surface area contributed by atoms with E-state index < -0.39 is 10.0 Å². The Morgan fingerprint density at radius 1 is 1.30 bits per heavy atom. The summed E-state index contributed by atoms with van der Waals surface area (Å²) in [5, 5.41) is 8.12. The van der Waals surface area contributed by atoms with Crippen molar-refractivity contribution >= 4 is 10.0 Å². The van der Waals surface area contributed by atoms with Crippen molar-refractivity contribution in [2.75, 3.05) is 6.54 Å². The average molecular weight is 300 g/mol. The van der Waals surface area contributed by atoms with Gasteiger partial charge in [0.1, 0.15) is 5.76 Å². The molecular weight excluding hydrogens is 276 g/mol. The minimum absolute atomic E-state index is 0.171. The maximum atomic E-state index is 11.1. The van der Waals surface area contributed by atoms with Crippen LogP contribution in [-0.2, 0) is 16.6 Å². The number of hydrogen-bond acceptors (Lipinski definition) is 4. The molecule has 0 saturated heterocycles. The van der Waals surface area contributed by atoms with Gasteiger partial charge in [0.2, 0.25) is 5.09 Å². The summed E-state index contributed by atoms with van der Waals surface area (Å²) in [7, 11) is -3.73. The van der Waals surface area contributed by atoms with Crippen LogP contribution in [0.15, 0.2) is 21.6 Å². The maximum absolute atomic E-state index is 11.1. The van der Waals surface area contributed by atoms with Gasteiger partial charge in [-0.1, -0.05) is 32.6 Å². The van der Waals surface area contributed by atoms with Gasteiger partial charge in [-0.05, 0) is 36.9 Å². The van der Waals surface area contributed by atoms with Gasteiger partial charge in [-0.3, -0.25) is 0 Å². The molecule has 6 heteroatoms. The highest BCUT2D eigenvalue weighted by molar-refractivity contribution is 7.89. The zero-order valence-corrected chi connectivity index (χ0v) is 12.8. The number of furan rings is 1. The highest BCUT2D eigenvalue weighted by Crippen LogP contribution is 2.29. The van der Waals surface area contributed by atoms with E-state index in [1.807, 2.05) is 0 Å². The smallest absolute Gasteiger partial charge is 0.271 e. The van der Waals surface area contributed by atoms with Gasteiger partial charge in [0.15, 0.2) is 0 Å². The van der Waals surface area contributed by atoms with Gasteiger partial charge >= 0.3 is 0 Å². The van der Waals surface area contributed by atoms with Gasteiger partial charge < -0.3 is 9.73 Å². The predicted octanol–water partition coefficient (Wildman–Crippen LogP) is 2.23. The molecule has 1 aromatic heterocycles. The molecular formula is C14H24N2O3S. The lowest BCUT2D eigenvalue weighted by atomic mass is 9.81. The molecule has 0 atom stereocenters. The minimum atomic E-state index is -3.73. The largest absolute Gasteiger partial charge is 0.447 e. The van der Waals surface area contributed by atoms with Gasteiger partial charge in [-0.25, -0.2) is 13.6 Å². The topological polar surface area (TPSA) is 85.3 Å². The molecule has 0 spiro atoms. The maximum Gasteiger partial charge on any atom is 0.271 e.